The van der Waals surface area contributed by atoms with E-state index in [2.05, 4.69) is 36.6 Å². The third-order valence-electron chi connectivity index (χ3n) is 5.48. The van der Waals surface area contributed by atoms with Crippen molar-refractivity contribution in [3.63, 3.8) is 0 Å². The summed E-state index contributed by atoms with van der Waals surface area (Å²) in [5.41, 5.74) is 1.76. The Morgan fingerprint density at radius 2 is 1.73 bits per heavy atom. The molecule has 0 aliphatic carbocycles. The maximum Gasteiger partial charge on any atom is 0.316 e. The highest BCUT2D eigenvalue weighted by atomic mass is 32.1. The summed E-state index contributed by atoms with van der Waals surface area (Å²) in [7, 11) is 0. The molecule has 166 valence electrons. The molecule has 0 aliphatic rings. The van der Waals surface area contributed by atoms with Crippen LogP contribution >= 0.6 is 11.3 Å². The number of esters is 1. The molecule has 4 aromatic rings. The first-order valence-corrected chi connectivity index (χ1v) is 11.7. The molecule has 0 saturated carbocycles. The van der Waals surface area contributed by atoms with E-state index in [1.165, 1.54) is 5.56 Å². The molecule has 1 aromatic heterocycles. The van der Waals surface area contributed by atoms with Crippen LogP contribution in [0.25, 0.3) is 10.8 Å². The monoisotopic (exact) mass is 455 g/mol. The van der Waals surface area contributed by atoms with Crippen LogP contribution in [0.2, 0.25) is 0 Å². The van der Waals surface area contributed by atoms with E-state index in [1.54, 1.807) is 29.5 Å². The number of rotatable bonds is 7. The van der Waals surface area contributed by atoms with Crippen LogP contribution in [0.1, 0.15) is 41.9 Å². The van der Waals surface area contributed by atoms with Gasteiger partial charge in [-0.2, -0.15) is 5.26 Å². The Labute approximate surface area is 198 Å². The summed E-state index contributed by atoms with van der Waals surface area (Å²) in [5, 5.41) is 14.1. The minimum Gasteiger partial charge on any atom is -0.457 e. The summed E-state index contributed by atoms with van der Waals surface area (Å²) >= 11 is 1.57. The lowest BCUT2D eigenvalue weighted by molar-refractivity contribution is -0.149. The Morgan fingerprint density at radius 1 is 0.970 bits per heavy atom. The summed E-state index contributed by atoms with van der Waals surface area (Å²) < 4.78 is 11.6. The van der Waals surface area contributed by atoms with Crippen LogP contribution < -0.4 is 4.74 Å². The van der Waals surface area contributed by atoms with Crippen molar-refractivity contribution >= 4 is 28.1 Å². The third-order valence-corrected chi connectivity index (χ3v) is 6.58. The highest BCUT2D eigenvalue weighted by molar-refractivity contribution is 7.11. The van der Waals surface area contributed by atoms with E-state index in [-0.39, 0.29) is 5.92 Å². The molecule has 0 N–H and O–H groups in total. The molecule has 5 heteroatoms. The number of para-hydroxylation sites is 1. The summed E-state index contributed by atoms with van der Waals surface area (Å²) in [6, 6.07) is 24.9. The number of ether oxygens (including phenoxy) is 2. The van der Waals surface area contributed by atoms with Crippen LogP contribution in [-0.4, -0.2) is 5.97 Å². The SMILES string of the molecule is Cc1ccc2c(C(C(=O)OC(C#N)c3cccc(Oc4ccccc4)c3)C(C)C)scc2c1. The van der Waals surface area contributed by atoms with Crippen molar-refractivity contribution in [1.29, 1.82) is 5.26 Å². The quantitative estimate of drug-likeness (QED) is 0.270. The summed E-state index contributed by atoms with van der Waals surface area (Å²) in [5.74, 6) is 0.452. The van der Waals surface area contributed by atoms with Crippen LogP contribution in [0, 0.1) is 24.2 Å². The Bertz CT molecular complexity index is 1300. The molecule has 3 aromatic carbocycles. The van der Waals surface area contributed by atoms with Crippen LogP contribution in [0.4, 0.5) is 0 Å². The van der Waals surface area contributed by atoms with Crippen molar-refractivity contribution in [2.45, 2.75) is 32.8 Å². The number of aryl methyl sites for hydroxylation is 1. The second-order valence-corrected chi connectivity index (χ2v) is 9.26. The number of nitriles is 1. The van der Waals surface area contributed by atoms with Crippen molar-refractivity contribution in [3.05, 3.63) is 94.2 Å². The minimum atomic E-state index is -1.02. The molecule has 4 nitrogen and oxygen atoms in total. The fraction of sp³-hybridized carbons (Fsp3) is 0.214. The van der Waals surface area contributed by atoms with Gasteiger partial charge < -0.3 is 9.47 Å². The number of hydrogen-bond acceptors (Lipinski definition) is 5. The normalized spacial score (nSPS) is 12.8. The molecule has 1 heterocycles. The van der Waals surface area contributed by atoms with E-state index in [4.69, 9.17) is 9.47 Å². The summed E-state index contributed by atoms with van der Waals surface area (Å²) in [4.78, 5) is 14.3. The highest BCUT2D eigenvalue weighted by Crippen LogP contribution is 2.38. The van der Waals surface area contributed by atoms with Crippen molar-refractivity contribution in [3.8, 4) is 17.6 Å². The van der Waals surface area contributed by atoms with E-state index in [1.807, 2.05) is 50.2 Å². The van der Waals surface area contributed by atoms with Gasteiger partial charge in [0.2, 0.25) is 6.10 Å². The number of fused-ring (bicyclic) bond motifs is 1. The standard InChI is InChI=1S/C28H25NO3S/c1-18(2)26(27-24-13-12-19(3)14-21(24)17-33-27)28(30)32-25(16-29)20-8-7-11-23(15-20)31-22-9-5-4-6-10-22/h4-15,17-18,25-26H,1-3H3. The smallest absolute Gasteiger partial charge is 0.316 e. The van der Waals surface area contributed by atoms with Gasteiger partial charge in [0.05, 0.1) is 5.92 Å². The van der Waals surface area contributed by atoms with Crippen LogP contribution in [0.15, 0.2) is 78.2 Å². The minimum absolute atomic E-state index is 0.0211. The van der Waals surface area contributed by atoms with Crippen LogP contribution in [0.5, 0.6) is 11.5 Å². The molecule has 0 aliphatic heterocycles. The molecule has 33 heavy (non-hydrogen) atoms. The number of carbonyl (C=O) groups is 1. The average Bonchev–Trinajstić information content (AvgIpc) is 3.20. The number of hydrogen-bond donors (Lipinski definition) is 0. The zero-order valence-electron chi connectivity index (χ0n) is 18.8. The molecule has 0 spiro atoms. The maximum atomic E-state index is 13.3. The molecule has 0 radical (unpaired) electrons. The van der Waals surface area contributed by atoms with Gasteiger partial charge in [0.15, 0.2) is 0 Å². The van der Waals surface area contributed by atoms with Crippen molar-refractivity contribution < 1.29 is 14.3 Å². The maximum absolute atomic E-state index is 13.3. The predicted octanol–water partition coefficient (Wildman–Crippen LogP) is 7.55. The largest absolute Gasteiger partial charge is 0.457 e. The number of nitrogens with zero attached hydrogens (tertiary/aromatic N) is 1. The van der Waals surface area contributed by atoms with E-state index >= 15 is 0 Å². The zero-order valence-corrected chi connectivity index (χ0v) is 19.6. The Balaban J connectivity index is 1.57. The predicted molar refractivity (Wildman–Crippen MR) is 132 cm³/mol. The molecule has 0 saturated heterocycles. The first kappa shape index (κ1) is 22.6. The van der Waals surface area contributed by atoms with Gasteiger partial charge in [0.1, 0.15) is 17.6 Å². The second-order valence-electron chi connectivity index (χ2n) is 8.35. The van der Waals surface area contributed by atoms with Crippen LogP contribution in [-0.2, 0) is 9.53 Å². The molecule has 2 atom stereocenters. The fourth-order valence-electron chi connectivity index (χ4n) is 3.84. The second kappa shape index (κ2) is 9.89. The van der Waals surface area contributed by atoms with E-state index in [0.717, 1.165) is 15.6 Å². The van der Waals surface area contributed by atoms with Gasteiger partial charge in [-0.25, -0.2) is 0 Å². The average molecular weight is 456 g/mol. The molecular formula is C28H25NO3S. The van der Waals surface area contributed by atoms with Crippen molar-refractivity contribution in [2.75, 3.05) is 0 Å². The Morgan fingerprint density at radius 3 is 2.45 bits per heavy atom. The Hall–Kier alpha value is -3.62. The van der Waals surface area contributed by atoms with E-state index < -0.39 is 18.0 Å². The fourth-order valence-corrected chi connectivity index (χ4v) is 5.12. The van der Waals surface area contributed by atoms with Crippen molar-refractivity contribution in [2.24, 2.45) is 5.92 Å². The summed E-state index contributed by atoms with van der Waals surface area (Å²) in [6.45, 7) is 6.06. The molecule has 0 fully saturated rings. The molecule has 0 amide bonds. The van der Waals surface area contributed by atoms with E-state index in [0.29, 0.717) is 17.1 Å². The topological polar surface area (TPSA) is 59.3 Å². The van der Waals surface area contributed by atoms with Crippen LogP contribution in [0.3, 0.4) is 0 Å². The summed E-state index contributed by atoms with van der Waals surface area (Å²) in [6.07, 6.45) is -1.02. The van der Waals surface area contributed by atoms with E-state index in [9.17, 15) is 10.1 Å². The van der Waals surface area contributed by atoms with Gasteiger partial charge in [-0.1, -0.05) is 67.9 Å². The first-order chi connectivity index (χ1) is 16.0. The lowest BCUT2D eigenvalue weighted by atomic mass is 9.92. The van der Waals surface area contributed by atoms with Gasteiger partial charge in [0, 0.05) is 10.4 Å². The lowest BCUT2D eigenvalue weighted by Gasteiger charge is -2.21. The third kappa shape index (κ3) is 5.08. The number of carbonyl (C=O) groups excluding carboxylic acids is 1. The van der Waals surface area contributed by atoms with Gasteiger partial charge in [-0.3, -0.25) is 4.79 Å². The molecule has 2 unspecified atom stereocenters. The van der Waals surface area contributed by atoms with Gasteiger partial charge in [-0.15, -0.1) is 11.3 Å². The lowest BCUT2D eigenvalue weighted by Crippen LogP contribution is -2.22. The molecule has 0 bridgehead atoms. The van der Waals surface area contributed by atoms with Gasteiger partial charge in [-0.05, 0) is 53.3 Å². The molecule has 4 rings (SSSR count). The highest BCUT2D eigenvalue weighted by Gasteiger charge is 2.31. The number of thiophene rings is 1. The Kier molecular flexibility index (Phi) is 6.76. The first-order valence-electron chi connectivity index (χ1n) is 10.9. The zero-order chi connectivity index (χ0) is 23.4. The number of benzene rings is 3. The van der Waals surface area contributed by atoms with Crippen molar-refractivity contribution in [1.82, 2.24) is 0 Å². The van der Waals surface area contributed by atoms with Gasteiger partial charge in [0.25, 0.3) is 0 Å². The molecular weight excluding hydrogens is 430 g/mol. The van der Waals surface area contributed by atoms with Gasteiger partial charge >= 0.3 is 5.97 Å².